The number of hydrogen-bond donors (Lipinski definition) is 1. The molecule has 0 fully saturated rings. The Balaban J connectivity index is 2.86. The van der Waals surface area contributed by atoms with Gasteiger partial charge in [-0.3, -0.25) is 0 Å². The summed E-state index contributed by atoms with van der Waals surface area (Å²) in [5, 5.41) is 1.32. The van der Waals surface area contributed by atoms with Gasteiger partial charge in [0.15, 0.2) is 0 Å². The molecule has 0 aliphatic heterocycles. The van der Waals surface area contributed by atoms with Crippen molar-refractivity contribution in [3.63, 3.8) is 0 Å². The van der Waals surface area contributed by atoms with Gasteiger partial charge in [-0.05, 0) is 0 Å². The van der Waals surface area contributed by atoms with Crippen LogP contribution in [0.3, 0.4) is 0 Å². The van der Waals surface area contributed by atoms with Crippen LogP contribution in [-0.4, -0.2) is 29.7 Å². The summed E-state index contributed by atoms with van der Waals surface area (Å²) in [6.45, 7) is 0. The van der Waals surface area contributed by atoms with E-state index in [-0.39, 0.29) is 0 Å². The second kappa shape index (κ2) is 2.35. The van der Waals surface area contributed by atoms with Crippen LogP contribution in [0.25, 0.3) is 10.9 Å². The average Bonchev–Trinajstić information content (AvgIpc) is 2.33. The summed E-state index contributed by atoms with van der Waals surface area (Å²) in [6, 6.07) is 8.61. The molecule has 10 heavy (non-hydrogen) atoms. The third kappa shape index (κ3) is 0.970. The normalized spacial score (nSPS) is 10.5. The molecule has 2 heteroatoms. The fraction of sp³-hybridized carbons (Fsp3) is 0. The predicted molar refractivity (Wildman–Crippen MR) is 43.7 cm³/mol. The van der Waals surface area contributed by atoms with E-state index in [0.29, 0.717) is 0 Å². The third-order valence-corrected chi connectivity index (χ3v) is 2.62. The van der Waals surface area contributed by atoms with Gasteiger partial charge in [0.05, 0.1) is 0 Å². The number of aromatic amines is 1. The molecule has 0 bridgehead atoms. The van der Waals surface area contributed by atoms with E-state index < -0.39 is 0 Å². The van der Waals surface area contributed by atoms with Crippen molar-refractivity contribution >= 4 is 38.9 Å². The zero-order valence-electron chi connectivity index (χ0n) is 5.33. The van der Waals surface area contributed by atoms with Gasteiger partial charge in [-0.1, -0.05) is 0 Å². The molecule has 0 saturated carbocycles. The van der Waals surface area contributed by atoms with Crippen molar-refractivity contribution in [1.29, 1.82) is 0 Å². The molecule has 0 aliphatic rings. The zero-order valence-corrected chi connectivity index (χ0v) is 8.81. The minimum atomic E-state index is 1.23. The maximum absolute atomic E-state index is 3.16. The minimum absolute atomic E-state index is 1.23. The molecule has 0 aliphatic carbocycles. The fourth-order valence-corrected chi connectivity index (χ4v) is 1.87. The predicted octanol–water partition coefficient (Wildman–Crippen LogP) is 0.962. The number of aromatic nitrogens is 1. The standard InChI is InChI=1S/C8H6N.Bi/c1-2-4-8-7(3-1)5-6-9-8;/h2-6,9H;. The van der Waals surface area contributed by atoms with Gasteiger partial charge in [0.2, 0.25) is 0 Å². The second-order valence-corrected chi connectivity index (χ2v) is 4.26. The Labute approximate surface area is 74.3 Å². The van der Waals surface area contributed by atoms with Crippen molar-refractivity contribution in [2.24, 2.45) is 0 Å². The molecule has 0 amide bonds. The molecule has 1 N–H and O–H groups in total. The summed E-state index contributed by atoms with van der Waals surface area (Å²) in [6.07, 6.45) is 1.97. The molecule has 0 spiro atoms. The van der Waals surface area contributed by atoms with Crippen LogP contribution in [0, 0.1) is 0 Å². The molecule has 0 unspecified atom stereocenters. The van der Waals surface area contributed by atoms with Crippen molar-refractivity contribution in [2.75, 3.05) is 0 Å². The Hall–Kier alpha value is -0.357. The third-order valence-electron chi connectivity index (χ3n) is 1.54. The molecule has 1 heterocycles. The van der Waals surface area contributed by atoms with E-state index in [4.69, 9.17) is 0 Å². The number of rotatable bonds is 0. The van der Waals surface area contributed by atoms with E-state index in [1.165, 1.54) is 38.9 Å². The summed E-state index contributed by atoms with van der Waals surface area (Å²) in [4.78, 5) is 3.16. The molecule has 2 rings (SSSR count). The van der Waals surface area contributed by atoms with E-state index in [0.717, 1.165) is 0 Å². The monoisotopic (exact) mass is 325 g/mol. The van der Waals surface area contributed by atoms with Gasteiger partial charge >= 0.3 is 74.3 Å². The molecule has 0 saturated heterocycles. The zero-order chi connectivity index (χ0) is 6.97. The van der Waals surface area contributed by atoms with Crippen LogP contribution in [-0.2, 0) is 0 Å². The first-order valence-corrected chi connectivity index (χ1v) is 4.86. The van der Waals surface area contributed by atoms with Crippen LogP contribution in [0.15, 0.2) is 30.5 Å². The summed E-state index contributed by atoms with van der Waals surface area (Å²) in [7, 11) is 0. The first-order chi connectivity index (χ1) is 4.86. The van der Waals surface area contributed by atoms with Crippen molar-refractivity contribution in [2.45, 2.75) is 0 Å². The fourth-order valence-electron chi connectivity index (χ4n) is 1.04. The Morgan fingerprint density at radius 3 is 3.00 bits per heavy atom. The van der Waals surface area contributed by atoms with E-state index in [1.807, 2.05) is 6.20 Å². The first-order valence-electron chi connectivity index (χ1n) is 3.12. The Kier molecular flexibility index (Phi) is 1.50. The van der Waals surface area contributed by atoms with Gasteiger partial charge < -0.3 is 0 Å². The molecule has 2 radical (unpaired) electrons. The SMILES string of the molecule is [Bi][c]1ccc2[nH]ccc2c1. The first kappa shape index (κ1) is 6.36. The summed E-state index contributed by atoms with van der Waals surface area (Å²) in [5.74, 6) is 0. The van der Waals surface area contributed by atoms with Crippen LogP contribution in [0.5, 0.6) is 0 Å². The topological polar surface area (TPSA) is 15.8 Å². The summed E-state index contributed by atoms with van der Waals surface area (Å²) >= 11 is 1.33. The molecule has 2 aromatic rings. The average molecular weight is 325 g/mol. The van der Waals surface area contributed by atoms with Crippen molar-refractivity contribution in [3.8, 4) is 0 Å². The molecule has 48 valence electrons. The van der Waals surface area contributed by atoms with Crippen LogP contribution in [0.1, 0.15) is 0 Å². The Morgan fingerprint density at radius 1 is 1.20 bits per heavy atom. The van der Waals surface area contributed by atoms with Crippen LogP contribution in [0.4, 0.5) is 0 Å². The molecule has 1 aromatic carbocycles. The van der Waals surface area contributed by atoms with E-state index in [2.05, 4.69) is 29.2 Å². The van der Waals surface area contributed by atoms with Gasteiger partial charge in [-0.25, -0.2) is 0 Å². The molecular weight excluding hydrogens is 319 g/mol. The Morgan fingerprint density at radius 2 is 2.10 bits per heavy atom. The van der Waals surface area contributed by atoms with E-state index in [1.54, 1.807) is 0 Å². The van der Waals surface area contributed by atoms with E-state index in [9.17, 15) is 0 Å². The Bertz CT molecular complexity index is 351. The molecular formula is C8H6BiN. The van der Waals surface area contributed by atoms with Gasteiger partial charge in [0.25, 0.3) is 0 Å². The number of benzene rings is 1. The van der Waals surface area contributed by atoms with Crippen LogP contribution < -0.4 is 3.27 Å². The quantitative estimate of drug-likeness (QED) is 0.695. The summed E-state index contributed by atoms with van der Waals surface area (Å²) < 4.78 is 1.42. The second-order valence-electron chi connectivity index (χ2n) is 2.25. The van der Waals surface area contributed by atoms with Crippen molar-refractivity contribution in [3.05, 3.63) is 30.5 Å². The molecule has 1 aromatic heterocycles. The van der Waals surface area contributed by atoms with Crippen molar-refractivity contribution < 1.29 is 0 Å². The number of hydrogen-bond acceptors (Lipinski definition) is 0. The van der Waals surface area contributed by atoms with Gasteiger partial charge in [-0.15, -0.1) is 0 Å². The van der Waals surface area contributed by atoms with Gasteiger partial charge in [0.1, 0.15) is 0 Å². The molecule has 1 nitrogen and oxygen atoms in total. The number of nitrogens with one attached hydrogen (secondary N) is 1. The van der Waals surface area contributed by atoms with Crippen LogP contribution in [0.2, 0.25) is 0 Å². The maximum atomic E-state index is 3.16. The van der Waals surface area contributed by atoms with E-state index >= 15 is 0 Å². The van der Waals surface area contributed by atoms with Gasteiger partial charge in [0, 0.05) is 0 Å². The summed E-state index contributed by atoms with van der Waals surface area (Å²) in [5.41, 5.74) is 1.23. The van der Waals surface area contributed by atoms with Crippen molar-refractivity contribution in [1.82, 2.24) is 4.98 Å². The van der Waals surface area contributed by atoms with Crippen LogP contribution >= 0.6 is 0 Å². The number of fused-ring (bicyclic) bond motifs is 1. The molecule has 0 atom stereocenters. The number of H-pyrrole nitrogens is 1. The van der Waals surface area contributed by atoms with Gasteiger partial charge in [-0.2, -0.15) is 0 Å².